The molecule has 3 amide bonds. The summed E-state index contributed by atoms with van der Waals surface area (Å²) in [4.78, 5) is 22.6. The van der Waals surface area contributed by atoms with Crippen molar-refractivity contribution in [3.8, 4) is 0 Å². The van der Waals surface area contributed by atoms with Gasteiger partial charge in [-0.25, -0.2) is 4.79 Å². The van der Waals surface area contributed by atoms with Crippen LogP contribution in [0.15, 0.2) is 48.5 Å². The number of amides is 3. The highest BCUT2D eigenvalue weighted by atomic mass is 35.5. The monoisotopic (exact) mass is 349 g/mol. The lowest BCUT2D eigenvalue weighted by molar-refractivity contribution is -0.111. The van der Waals surface area contributed by atoms with Crippen LogP contribution in [0.25, 0.3) is 6.08 Å². The predicted octanol–water partition coefficient (Wildman–Crippen LogP) is 4.14. The lowest BCUT2D eigenvalue weighted by atomic mass is 10.2. The number of nitrogens with one attached hydrogen (secondary N) is 2. The summed E-state index contributed by atoms with van der Waals surface area (Å²) in [5.41, 5.74) is 6.90. The quantitative estimate of drug-likeness (QED) is 0.724. The highest BCUT2D eigenvalue weighted by Gasteiger charge is 2.01. The van der Waals surface area contributed by atoms with Gasteiger partial charge in [0, 0.05) is 17.5 Å². The minimum Gasteiger partial charge on any atom is -0.351 e. The molecule has 0 aliphatic carbocycles. The van der Waals surface area contributed by atoms with Crippen LogP contribution in [0.1, 0.15) is 5.56 Å². The number of carbonyl (C=O) groups is 2. The molecule has 23 heavy (non-hydrogen) atoms. The molecule has 5 nitrogen and oxygen atoms in total. The summed E-state index contributed by atoms with van der Waals surface area (Å²) in [6, 6.07) is 11.0. The lowest BCUT2D eigenvalue weighted by Crippen LogP contribution is -2.19. The molecule has 0 saturated heterocycles. The zero-order valence-electron chi connectivity index (χ0n) is 11.8. The first kappa shape index (κ1) is 16.9. The van der Waals surface area contributed by atoms with Crippen molar-refractivity contribution >= 4 is 52.6 Å². The third-order valence-corrected chi connectivity index (χ3v) is 3.53. The van der Waals surface area contributed by atoms with E-state index in [1.165, 1.54) is 6.08 Å². The molecule has 0 heterocycles. The Hall–Kier alpha value is -2.50. The van der Waals surface area contributed by atoms with Crippen LogP contribution in [-0.4, -0.2) is 11.9 Å². The van der Waals surface area contributed by atoms with Crippen LogP contribution in [0.3, 0.4) is 0 Å². The van der Waals surface area contributed by atoms with E-state index in [0.717, 1.165) is 5.56 Å². The largest absolute Gasteiger partial charge is 0.351 e. The number of anilines is 2. The highest BCUT2D eigenvalue weighted by Crippen LogP contribution is 2.23. The number of hydrogen-bond acceptors (Lipinski definition) is 2. The van der Waals surface area contributed by atoms with Gasteiger partial charge in [0.15, 0.2) is 0 Å². The van der Waals surface area contributed by atoms with E-state index in [2.05, 4.69) is 10.6 Å². The Balaban J connectivity index is 1.97. The van der Waals surface area contributed by atoms with E-state index >= 15 is 0 Å². The molecule has 0 bridgehead atoms. The third kappa shape index (κ3) is 5.32. The summed E-state index contributed by atoms with van der Waals surface area (Å²) >= 11 is 11.7. The SMILES string of the molecule is NC(=O)Nc1ccc(NC(=O)/C=C/c2ccc(Cl)c(Cl)c2)cc1. The van der Waals surface area contributed by atoms with Crippen molar-refractivity contribution in [2.24, 2.45) is 5.73 Å². The number of nitrogens with two attached hydrogens (primary N) is 1. The smallest absolute Gasteiger partial charge is 0.316 e. The average molecular weight is 350 g/mol. The van der Waals surface area contributed by atoms with Gasteiger partial charge < -0.3 is 16.4 Å². The fourth-order valence-corrected chi connectivity index (χ4v) is 2.06. The molecule has 0 aliphatic rings. The summed E-state index contributed by atoms with van der Waals surface area (Å²) in [6.45, 7) is 0. The maximum Gasteiger partial charge on any atom is 0.316 e. The molecule has 4 N–H and O–H groups in total. The second-order valence-corrected chi connectivity index (χ2v) is 5.38. The molecular weight excluding hydrogens is 337 g/mol. The molecule has 7 heteroatoms. The zero-order chi connectivity index (χ0) is 16.8. The summed E-state index contributed by atoms with van der Waals surface area (Å²) in [6.07, 6.45) is 3.01. The minimum absolute atomic E-state index is 0.299. The summed E-state index contributed by atoms with van der Waals surface area (Å²) < 4.78 is 0. The van der Waals surface area contributed by atoms with Crippen molar-refractivity contribution in [3.63, 3.8) is 0 Å². The molecule has 0 aliphatic heterocycles. The normalized spacial score (nSPS) is 10.5. The van der Waals surface area contributed by atoms with Gasteiger partial charge in [0.25, 0.3) is 0 Å². The molecule has 0 aromatic heterocycles. The molecule has 0 fully saturated rings. The molecule has 2 aromatic rings. The van der Waals surface area contributed by atoms with E-state index in [9.17, 15) is 9.59 Å². The Morgan fingerprint density at radius 2 is 1.52 bits per heavy atom. The molecule has 2 rings (SSSR count). The predicted molar refractivity (Wildman–Crippen MR) is 93.8 cm³/mol. The van der Waals surface area contributed by atoms with Gasteiger partial charge in [0.2, 0.25) is 5.91 Å². The van der Waals surface area contributed by atoms with Gasteiger partial charge in [-0.15, -0.1) is 0 Å². The molecule has 0 spiro atoms. The number of rotatable bonds is 4. The molecule has 118 valence electrons. The van der Waals surface area contributed by atoms with Crippen LogP contribution in [0.5, 0.6) is 0 Å². The van der Waals surface area contributed by atoms with E-state index in [1.54, 1.807) is 48.5 Å². The molecule has 2 aromatic carbocycles. The fraction of sp³-hybridized carbons (Fsp3) is 0. The van der Waals surface area contributed by atoms with Gasteiger partial charge in [-0.1, -0.05) is 29.3 Å². The van der Waals surface area contributed by atoms with Crippen LogP contribution in [-0.2, 0) is 4.79 Å². The molecular formula is C16H13Cl2N3O2. The summed E-state index contributed by atoms with van der Waals surface area (Å²) in [5.74, 6) is -0.299. The second-order valence-electron chi connectivity index (χ2n) is 4.56. The van der Waals surface area contributed by atoms with Gasteiger partial charge in [-0.05, 0) is 48.0 Å². The van der Waals surface area contributed by atoms with Crippen LogP contribution >= 0.6 is 23.2 Å². The Kier molecular flexibility index (Phi) is 5.62. The van der Waals surface area contributed by atoms with E-state index in [-0.39, 0.29) is 5.91 Å². The maximum atomic E-state index is 11.9. The lowest BCUT2D eigenvalue weighted by Gasteiger charge is -2.05. The van der Waals surface area contributed by atoms with Crippen LogP contribution in [0, 0.1) is 0 Å². The van der Waals surface area contributed by atoms with Crippen LogP contribution in [0.4, 0.5) is 16.2 Å². The number of carbonyl (C=O) groups excluding carboxylic acids is 2. The molecule has 0 saturated carbocycles. The van der Waals surface area contributed by atoms with Gasteiger partial charge in [0.05, 0.1) is 10.0 Å². The highest BCUT2D eigenvalue weighted by molar-refractivity contribution is 6.42. The number of hydrogen-bond donors (Lipinski definition) is 3. The van der Waals surface area contributed by atoms with Gasteiger partial charge in [-0.3, -0.25) is 4.79 Å². The van der Waals surface area contributed by atoms with Crippen molar-refractivity contribution in [2.45, 2.75) is 0 Å². The Bertz CT molecular complexity index is 758. The maximum absolute atomic E-state index is 11.9. The standard InChI is InChI=1S/C16H13Cl2N3O2/c17-13-7-1-10(9-14(13)18)2-8-15(22)20-11-3-5-12(6-4-11)21-16(19)23/h1-9H,(H,20,22)(H3,19,21,23)/b8-2+. The van der Waals surface area contributed by atoms with Gasteiger partial charge in [-0.2, -0.15) is 0 Å². The topological polar surface area (TPSA) is 84.2 Å². The van der Waals surface area contributed by atoms with Crippen molar-refractivity contribution in [1.82, 2.24) is 0 Å². The minimum atomic E-state index is -0.647. The van der Waals surface area contributed by atoms with E-state index in [1.807, 2.05) is 0 Å². The number of halogens is 2. The molecule has 0 atom stereocenters. The molecule has 0 unspecified atom stereocenters. The first-order chi connectivity index (χ1) is 10.9. The van der Waals surface area contributed by atoms with Crippen molar-refractivity contribution in [3.05, 3.63) is 64.1 Å². The average Bonchev–Trinajstić information content (AvgIpc) is 2.50. The number of urea groups is 1. The van der Waals surface area contributed by atoms with E-state index in [0.29, 0.717) is 21.4 Å². The second kappa shape index (κ2) is 7.67. The number of primary amides is 1. The van der Waals surface area contributed by atoms with E-state index in [4.69, 9.17) is 28.9 Å². The van der Waals surface area contributed by atoms with E-state index < -0.39 is 6.03 Å². The third-order valence-electron chi connectivity index (χ3n) is 2.79. The van der Waals surface area contributed by atoms with Crippen molar-refractivity contribution in [1.29, 1.82) is 0 Å². The van der Waals surface area contributed by atoms with Crippen molar-refractivity contribution in [2.75, 3.05) is 10.6 Å². The number of benzene rings is 2. The van der Waals surface area contributed by atoms with Crippen LogP contribution in [0.2, 0.25) is 10.0 Å². The molecule has 0 radical (unpaired) electrons. The summed E-state index contributed by atoms with van der Waals surface area (Å²) in [5, 5.41) is 6.00. The van der Waals surface area contributed by atoms with Crippen LogP contribution < -0.4 is 16.4 Å². The Morgan fingerprint density at radius 3 is 2.09 bits per heavy atom. The fourth-order valence-electron chi connectivity index (χ4n) is 1.75. The Labute approximate surface area is 143 Å². The first-order valence-corrected chi connectivity index (χ1v) is 7.30. The first-order valence-electron chi connectivity index (χ1n) is 6.54. The zero-order valence-corrected chi connectivity index (χ0v) is 13.4. The summed E-state index contributed by atoms with van der Waals surface area (Å²) in [7, 11) is 0. The Morgan fingerprint density at radius 1 is 0.913 bits per heavy atom. The van der Waals surface area contributed by atoms with Crippen molar-refractivity contribution < 1.29 is 9.59 Å². The van der Waals surface area contributed by atoms with Gasteiger partial charge >= 0.3 is 6.03 Å². The van der Waals surface area contributed by atoms with Gasteiger partial charge in [0.1, 0.15) is 0 Å².